The third-order valence-electron chi connectivity index (χ3n) is 2.05. The Kier molecular flexibility index (Phi) is 2.60. The first-order valence-corrected chi connectivity index (χ1v) is 5.26. The zero-order valence-corrected chi connectivity index (χ0v) is 8.84. The van der Waals surface area contributed by atoms with Crippen molar-refractivity contribution < 1.29 is 9.18 Å². The van der Waals surface area contributed by atoms with Gasteiger partial charge in [-0.3, -0.25) is 4.79 Å². The number of carbonyl (C=O) groups is 1. The van der Waals surface area contributed by atoms with Crippen molar-refractivity contribution in [1.82, 2.24) is 4.98 Å². The van der Waals surface area contributed by atoms with Crippen LogP contribution in [0.1, 0.15) is 15.4 Å². The molecule has 0 fully saturated rings. The van der Waals surface area contributed by atoms with Crippen LogP contribution in [0.3, 0.4) is 0 Å². The van der Waals surface area contributed by atoms with Gasteiger partial charge in [0.2, 0.25) is 0 Å². The molecule has 0 N–H and O–H groups in total. The summed E-state index contributed by atoms with van der Waals surface area (Å²) >= 11 is 1.46. The molecular formula is C11H8FNOS. The fourth-order valence-corrected chi connectivity index (χ4v) is 1.94. The molecule has 2 nitrogen and oxygen atoms in total. The van der Waals surface area contributed by atoms with E-state index < -0.39 is 5.82 Å². The summed E-state index contributed by atoms with van der Waals surface area (Å²) in [5, 5.41) is 2.66. The average molecular weight is 221 g/mol. The van der Waals surface area contributed by atoms with Gasteiger partial charge in [0, 0.05) is 10.9 Å². The molecule has 0 bridgehead atoms. The molecule has 0 amide bonds. The van der Waals surface area contributed by atoms with Crippen LogP contribution in [-0.2, 0) is 0 Å². The third kappa shape index (κ3) is 1.80. The second-order valence-corrected chi connectivity index (χ2v) is 4.14. The van der Waals surface area contributed by atoms with Crippen LogP contribution >= 0.6 is 11.3 Å². The minimum absolute atomic E-state index is 0.0677. The van der Waals surface area contributed by atoms with Crippen LogP contribution in [0.4, 0.5) is 4.39 Å². The second kappa shape index (κ2) is 3.90. The maximum atomic E-state index is 13.7. The molecule has 2 aromatic rings. The lowest BCUT2D eigenvalue weighted by molar-refractivity contribution is 0.112. The predicted molar refractivity (Wildman–Crippen MR) is 57.6 cm³/mol. The lowest BCUT2D eigenvalue weighted by Crippen LogP contribution is -1.91. The molecule has 1 aromatic heterocycles. The molecule has 1 heterocycles. The van der Waals surface area contributed by atoms with Crippen LogP contribution in [0.5, 0.6) is 0 Å². The van der Waals surface area contributed by atoms with E-state index in [1.807, 2.05) is 6.92 Å². The predicted octanol–water partition coefficient (Wildman–Crippen LogP) is 3.07. The summed E-state index contributed by atoms with van der Waals surface area (Å²) in [5.41, 5.74) is 1.03. The molecule has 15 heavy (non-hydrogen) atoms. The molecule has 2 rings (SSSR count). The number of aldehydes is 1. The first-order chi connectivity index (χ1) is 7.22. The molecule has 4 heteroatoms. The molecular weight excluding hydrogens is 213 g/mol. The van der Waals surface area contributed by atoms with Crippen LogP contribution in [-0.4, -0.2) is 11.3 Å². The van der Waals surface area contributed by atoms with E-state index in [9.17, 15) is 9.18 Å². The number of aromatic nitrogens is 1. The summed E-state index contributed by atoms with van der Waals surface area (Å²) in [6.07, 6.45) is 0.512. The fourth-order valence-electron chi connectivity index (χ4n) is 1.33. The topological polar surface area (TPSA) is 30.0 Å². The molecule has 0 radical (unpaired) electrons. The smallest absolute Gasteiger partial charge is 0.153 e. The van der Waals surface area contributed by atoms with E-state index >= 15 is 0 Å². The van der Waals surface area contributed by atoms with Crippen LogP contribution in [0.15, 0.2) is 23.6 Å². The highest BCUT2D eigenvalue weighted by atomic mass is 32.1. The first kappa shape index (κ1) is 9.98. The molecule has 76 valence electrons. The molecule has 1 aromatic carbocycles. The SMILES string of the molecule is Cc1nc(-c2cccc(C=O)c2F)cs1. The number of nitrogens with zero attached hydrogens (tertiary/aromatic N) is 1. The lowest BCUT2D eigenvalue weighted by Gasteiger charge is -2.00. The molecule has 0 unspecified atom stereocenters. The molecule has 0 saturated carbocycles. The largest absolute Gasteiger partial charge is 0.298 e. The van der Waals surface area contributed by atoms with Gasteiger partial charge in [0.25, 0.3) is 0 Å². The van der Waals surface area contributed by atoms with Crippen LogP contribution in [0, 0.1) is 12.7 Å². The number of thiazole rings is 1. The Morgan fingerprint density at radius 1 is 1.47 bits per heavy atom. The number of rotatable bonds is 2. The van der Waals surface area contributed by atoms with Gasteiger partial charge in [-0.2, -0.15) is 0 Å². The minimum Gasteiger partial charge on any atom is -0.298 e. The Bertz CT molecular complexity index is 507. The standard InChI is InChI=1S/C11H8FNOS/c1-7-13-10(6-15-7)9-4-2-3-8(5-14)11(9)12/h2-6H,1H3. The maximum Gasteiger partial charge on any atom is 0.153 e. The lowest BCUT2D eigenvalue weighted by atomic mass is 10.1. The zero-order chi connectivity index (χ0) is 10.8. The van der Waals surface area contributed by atoms with E-state index in [1.54, 1.807) is 17.5 Å². The van der Waals surface area contributed by atoms with Gasteiger partial charge in [-0.25, -0.2) is 9.37 Å². The zero-order valence-electron chi connectivity index (χ0n) is 8.03. The van der Waals surface area contributed by atoms with Gasteiger partial charge in [0.15, 0.2) is 6.29 Å². The molecule has 0 spiro atoms. The van der Waals surface area contributed by atoms with Gasteiger partial charge in [-0.1, -0.05) is 6.07 Å². The molecule has 0 aliphatic heterocycles. The van der Waals surface area contributed by atoms with Gasteiger partial charge in [-0.15, -0.1) is 11.3 Å². The number of aryl methyl sites for hydroxylation is 1. The molecule has 0 aliphatic carbocycles. The normalized spacial score (nSPS) is 10.3. The summed E-state index contributed by atoms with van der Waals surface area (Å²) in [4.78, 5) is 14.7. The van der Waals surface area contributed by atoms with Crippen molar-refractivity contribution >= 4 is 17.6 Å². The van der Waals surface area contributed by atoms with Gasteiger partial charge >= 0.3 is 0 Å². The van der Waals surface area contributed by atoms with Gasteiger partial charge < -0.3 is 0 Å². The van der Waals surface area contributed by atoms with Gasteiger partial charge in [-0.05, 0) is 19.1 Å². The van der Waals surface area contributed by atoms with Gasteiger partial charge in [0.05, 0.1) is 16.3 Å². The molecule has 0 saturated heterocycles. The Morgan fingerprint density at radius 3 is 2.87 bits per heavy atom. The summed E-state index contributed by atoms with van der Waals surface area (Å²) in [6.45, 7) is 1.86. The quantitative estimate of drug-likeness (QED) is 0.729. The highest BCUT2D eigenvalue weighted by Crippen LogP contribution is 2.25. The number of hydrogen-bond donors (Lipinski definition) is 0. The van der Waals surface area contributed by atoms with Crippen LogP contribution in [0.25, 0.3) is 11.3 Å². The summed E-state index contributed by atoms with van der Waals surface area (Å²) < 4.78 is 13.7. The Morgan fingerprint density at radius 2 is 2.27 bits per heavy atom. The Balaban J connectivity index is 2.58. The fraction of sp³-hybridized carbons (Fsp3) is 0.0909. The summed E-state index contributed by atoms with van der Waals surface area (Å²) in [7, 11) is 0. The second-order valence-electron chi connectivity index (χ2n) is 3.08. The van der Waals surface area contributed by atoms with Crippen molar-refractivity contribution in [3.05, 3.63) is 40.0 Å². The van der Waals surface area contributed by atoms with E-state index in [-0.39, 0.29) is 5.56 Å². The van der Waals surface area contributed by atoms with Crippen molar-refractivity contribution in [3.8, 4) is 11.3 Å². The highest BCUT2D eigenvalue weighted by Gasteiger charge is 2.11. The van der Waals surface area contributed by atoms with E-state index in [0.717, 1.165) is 5.01 Å². The van der Waals surface area contributed by atoms with Crippen molar-refractivity contribution in [3.63, 3.8) is 0 Å². The Labute approximate surface area is 90.4 Å². The van der Waals surface area contributed by atoms with Crippen molar-refractivity contribution in [1.29, 1.82) is 0 Å². The van der Waals surface area contributed by atoms with Crippen molar-refractivity contribution in [2.75, 3.05) is 0 Å². The maximum absolute atomic E-state index is 13.7. The van der Waals surface area contributed by atoms with E-state index in [0.29, 0.717) is 17.5 Å². The van der Waals surface area contributed by atoms with Gasteiger partial charge in [0.1, 0.15) is 5.82 Å². The highest BCUT2D eigenvalue weighted by molar-refractivity contribution is 7.09. The number of halogens is 1. The minimum atomic E-state index is -0.502. The first-order valence-electron chi connectivity index (χ1n) is 4.38. The summed E-state index contributed by atoms with van der Waals surface area (Å²) in [5.74, 6) is -0.502. The number of carbonyl (C=O) groups excluding carboxylic acids is 1. The van der Waals surface area contributed by atoms with E-state index in [4.69, 9.17) is 0 Å². The van der Waals surface area contributed by atoms with Crippen molar-refractivity contribution in [2.45, 2.75) is 6.92 Å². The van der Waals surface area contributed by atoms with Crippen LogP contribution < -0.4 is 0 Å². The van der Waals surface area contributed by atoms with E-state index in [1.165, 1.54) is 17.4 Å². The number of hydrogen-bond acceptors (Lipinski definition) is 3. The third-order valence-corrected chi connectivity index (χ3v) is 2.82. The average Bonchev–Trinajstić information content (AvgIpc) is 2.65. The van der Waals surface area contributed by atoms with Crippen molar-refractivity contribution in [2.24, 2.45) is 0 Å². The van der Waals surface area contributed by atoms with Crippen LogP contribution in [0.2, 0.25) is 0 Å². The number of benzene rings is 1. The van der Waals surface area contributed by atoms with E-state index in [2.05, 4.69) is 4.98 Å². The monoisotopic (exact) mass is 221 g/mol. The summed E-state index contributed by atoms with van der Waals surface area (Å²) in [6, 6.07) is 4.72. The molecule has 0 aliphatic rings. The molecule has 0 atom stereocenters. The Hall–Kier alpha value is -1.55.